The van der Waals surface area contributed by atoms with E-state index in [9.17, 15) is 49.1 Å². The van der Waals surface area contributed by atoms with Crippen molar-refractivity contribution in [2.75, 3.05) is 13.7 Å². The number of carbonyl (C=O) groups is 2. The first-order chi connectivity index (χ1) is 16.9. The molecule has 0 spiro atoms. The van der Waals surface area contributed by atoms with E-state index in [2.05, 4.69) is 19.5 Å². The fourth-order valence-electron chi connectivity index (χ4n) is 3.20. The van der Waals surface area contributed by atoms with E-state index in [0.29, 0.717) is 12.1 Å². The summed E-state index contributed by atoms with van der Waals surface area (Å²) in [5.74, 6) is -3.10. The number of halogens is 9. The number of benzene rings is 2. The van der Waals surface area contributed by atoms with E-state index in [0.717, 1.165) is 43.5 Å². The van der Waals surface area contributed by atoms with Gasteiger partial charge in [0.2, 0.25) is 5.91 Å². The summed E-state index contributed by atoms with van der Waals surface area (Å²) in [4.78, 5) is 24.8. The van der Waals surface area contributed by atoms with Crippen LogP contribution in [0.15, 0.2) is 48.5 Å². The van der Waals surface area contributed by atoms with Gasteiger partial charge in [-0.15, -0.1) is 26.3 Å². The van der Waals surface area contributed by atoms with Crippen molar-refractivity contribution in [1.29, 1.82) is 0 Å². The second-order valence-corrected chi connectivity index (χ2v) is 7.24. The first-order valence-electron chi connectivity index (χ1n) is 9.84. The van der Waals surface area contributed by atoms with E-state index >= 15 is 0 Å². The molecule has 0 unspecified atom stereocenters. The van der Waals surface area contributed by atoms with Gasteiger partial charge >= 0.3 is 25.0 Å². The molecule has 2 N–H and O–H groups in total. The summed E-state index contributed by atoms with van der Waals surface area (Å²) >= 11 is 0. The van der Waals surface area contributed by atoms with Gasteiger partial charge in [0.05, 0.1) is 13.5 Å². The molecule has 0 aliphatic rings. The van der Waals surface area contributed by atoms with Gasteiger partial charge in [-0.3, -0.25) is 4.79 Å². The Morgan fingerprint density at radius 2 is 1.24 bits per heavy atom. The van der Waals surface area contributed by atoms with Crippen LogP contribution in [0.5, 0.6) is 11.5 Å². The molecule has 2 aromatic carbocycles. The number of hydrogen-bond donors (Lipinski definition) is 2. The van der Waals surface area contributed by atoms with Crippen LogP contribution in [0.4, 0.5) is 44.3 Å². The lowest BCUT2D eigenvalue weighted by molar-refractivity contribution is -0.275. The summed E-state index contributed by atoms with van der Waals surface area (Å²) in [7, 11) is 0.857. The van der Waals surface area contributed by atoms with Crippen LogP contribution in [0.2, 0.25) is 0 Å². The number of amides is 2. The Morgan fingerprint density at radius 1 is 0.784 bits per heavy atom. The predicted molar refractivity (Wildman–Crippen MR) is 106 cm³/mol. The number of rotatable bonds is 8. The van der Waals surface area contributed by atoms with Crippen molar-refractivity contribution < 1.29 is 63.3 Å². The average molecular weight is 548 g/mol. The highest BCUT2D eigenvalue weighted by Gasteiger charge is 2.41. The highest BCUT2D eigenvalue weighted by Crippen LogP contribution is 2.38. The molecule has 0 fully saturated rings. The lowest BCUT2D eigenvalue weighted by Gasteiger charge is -2.35. The molecule has 0 atom stereocenters. The maximum atomic E-state index is 12.8. The molecule has 0 saturated heterocycles. The first kappa shape index (κ1) is 29.4. The molecule has 0 aromatic heterocycles. The number of ether oxygens (including phenoxy) is 3. The molecule has 0 saturated carbocycles. The normalized spacial score (nSPS) is 12.5. The SMILES string of the molecule is COC(=O)NC(CC(=O)NCC(F)(F)F)(c1cccc(OC(F)(F)F)c1)c1cccc(OC(F)(F)F)c1. The second-order valence-electron chi connectivity index (χ2n) is 7.24. The zero-order valence-corrected chi connectivity index (χ0v) is 18.5. The van der Waals surface area contributed by atoms with Crippen LogP contribution >= 0.6 is 0 Å². The molecule has 16 heteroatoms. The van der Waals surface area contributed by atoms with E-state index < -0.39 is 60.9 Å². The molecular formula is C21H17F9N2O5. The fourth-order valence-corrected chi connectivity index (χ4v) is 3.20. The Balaban J connectivity index is 2.73. The summed E-state index contributed by atoms with van der Waals surface area (Å²) in [5, 5.41) is 3.68. The van der Waals surface area contributed by atoms with Crippen molar-refractivity contribution in [3.63, 3.8) is 0 Å². The minimum Gasteiger partial charge on any atom is -0.453 e. The summed E-state index contributed by atoms with van der Waals surface area (Å²) in [6.07, 6.45) is -17.7. The molecule has 0 aliphatic heterocycles. The zero-order chi connectivity index (χ0) is 28.1. The molecule has 0 heterocycles. The summed E-state index contributed by atoms with van der Waals surface area (Å²) in [6, 6.07) is 7.18. The maximum Gasteiger partial charge on any atom is 0.573 e. The van der Waals surface area contributed by atoms with Gasteiger partial charge in [0, 0.05) is 0 Å². The number of alkyl carbamates (subject to hydrolysis) is 1. The second kappa shape index (κ2) is 11.0. The Morgan fingerprint density at radius 3 is 1.62 bits per heavy atom. The van der Waals surface area contributed by atoms with Crippen LogP contribution in [0.3, 0.4) is 0 Å². The first-order valence-corrected chi connectivity index (χ1v) is 9.84. The number of nitrogens with one attached hydrogen (secondary N) is 2. The van der Waals surface area contributed by atoms with E-state index in [-0.39, 0.29) is 11.1 Å². The molecule has 37 heavy (non-hydrogen) atoms. The smallest absolute Gasteiger partial charge is 0.453 e. The van der Waals surface area contributed by atoms with Crippen LogP contribution in [-0.4, -0.2) is 44.6 Å². The van der Waals surface area contributed by atoms with Gasteiger partial charge in [0.1, 0.15) is 23.6 Å². The lowest BCUT2D eigenvalue weighted by Crippen LogP contribution is -2.50. The van der Waals surface area contributed by atoms with Crippen molar-refractivity contribution in [1.82, 2.24) is 10.6 Å². The predicted octanol–water partition coefficient (Wildman–Crippen LogP) is 5.15. The van der Waals surface area contributed by atoms with Gasteiger partial charge in [-0.1, -0.05) is 24.3 Å². The molecule has 2 aromatic rings. The Labute approximate surface area is 202 Å². The van der Waals surface area contributed by atoms with Crippen LogP contribution in [0.25, 0.3) is 0 Å². The molecule has 7 nitrogen and oxygen atoms in total. The van der Waals surface area contributed by atoms with Gasteiger partial charge in [-0.05, 0) is 35.4 Å². The van der Waals surface area contributed by atoms with E-state index in [1.54, 1.807) is 0 Å². The van der Waals surface area contributed by atoms with Crippen LogP contribution in [-0.2, 0) is 15.1 Å². The molecule has 2 rings (SSSR count). The van der Waals surface area contributed by atoms with Crippen molar-refractivity contribution in [2.45, 2.75) is 30.9 Å². The van der Waals surface area contributed by atoms with Gasteiger partial charge in [-0.2, -0.15) is 13.2 Å². The minimum absolute atomic E-state index is 0.383. The standard InChI is InChI=1S/C21H17F9N2O5/c1-35-17(34)32-18(10-16(33)31-11-19(22,23)24,12-4-2-6-14(8-12)36-20(25,26)27)13-5-3-7-15(9-13)37-21(28,29)30/h2-9H,10-11H2,1H3,(H,31,33)(H,32,34). The average Bonchev–Trinajstić information content (AvgIpc) is 2.74. The Bertz CT molecular complexity index is 1040. The van der Waals surface area contributed by atoms with E-state index in [1.807, 2.05) is 0 Å². The van der Waals surface area contributed by atoms with E-state index in [4.69, 9.17) is 0 Å². The molecule has 0 bridgehead atoms. The zero-order valence-electron chi connectivity index (χ0n) is 18.5. The number of hydrogen-bond acceptors (Lipinski definition) is 5. The van der Waals surface area contributed by atoms with Gasteiger partial charge in [0.15, 0.2) is 0 Å². The molecule has 204 valence electrons. The highest BCUT2D eigenvalue weighted by molar-refractivity contribution is 5.80. The third kappa shape index (κ3) is 9.27. The largest absolute Gasteiger partial charge is 0.573 e. The number of alkyl halides is 9. The minimum atomic E-state index is -5.18. The highest BCUT2D eigenvalue weighted by atomic mass is 19.4. The summed E-state index contributed by atoms with van der Waals surface area (Å²) in [6.45, 7) is -1.81. The van der Waals surface area contributed by atoms with Crippen LogP contribution < -0.4 is 20.1 Å². The van der Waals surface area contributed by atoms with Crippen molar-refractivity contribution in [3.8, 4) is 11.5 Å². The molecule has 0 radical (unpaired) electrons. The van der Waals surface area contributed by atoms with Crippen LogP contribution in [0.1, 0.15) is 17.5 Å². The summed E-state index contributed by atoms with van der Waals surface area (Å²) < 4.78 is 127. The fraction of sp³-hybridized carbons (Fsp3) is 0.333. The topological polar surface area (TPSA) is 85.9 Å². The Hall–Kier alpha value is -3.85. The quantitative estimate of drug-likeness (QED) is 0.446. The third-order valence-electron chi connectivity index (χ3n) is 4.53. The van der Waals surface area contributed by atoms with Crippen molar-refractivity contribution in [2.24, 2.45) is 0 Å². The number of methoxy groups -OCH3 is 1. The lowest BCUT2D eigenvalue weighted by atomic mass is 9.79. The molecule has 0 aliphatic carbocycles. The van der Waals surface area contributed by atoms with Crippen molar-refractivity contribution >= 4 is 12.0 Å². The number of carbonyl (C=O) groups excluding carboxylic acids is 2. The third-order valence-corrected chi connectivity index (χ3v) is 4.53. The van der Waals surface area contributed by atoms with Gasteiger partial charge in [-0.25, -0.2) is 4.79 Å². The molecular weight excluding hydrogens is 531 g/mol. The maximum absolute atomic E-state index is 12.8. The van der Waals surface area contributed by atoms with Gasteiger partial charge in [0.25, 0.3) is 0 Å². The summed E-state index contributed by atoms with van der Waals surface area (Å²) in [5.41, 5.74) is -3.13. The van der Waals surface area contributed by atoms with Crippen molar-refractivity contribution in [3.05, 3.63) is 59.7 Å². The Kier molecular flexibility index (Phi) is 8.77. The molecule has 2 amide bonds. The van der Waals surface area contributed by atoms with Gasteiger partial charge < -0.3 is 24.8 Å². The van der Waals surface area contributed by atoms with E-state index in [1.165, 1.54) is 5.32 Å². The van der Waals surface area contributed by atoms with Crippen LogP contribution in [0, 0.1) is 0 Å². The monoisotopic (exact) mass is 548 g/mol.